The van der Waals surface area contributed by atoms with Crippen LogP contribution in [-0.4, -0.2) is 218 Å². The molecule has 3 aromatic carbocycles. The number of aliphatic imine (C=N–C) groups is 1. The molecule has 0 radical (unpaired) electrons. The third-order valence-electron chi connectivity index (χ3n) is 16.9. The standard InChI is InChI=1S/C67H93N17O17S2/c1-36(2)57-66(101)81-49(30-38-13-17-42(87)18-14-38)61(96)77-45(9-5-26-73-67(70)71)58(93)72-27-24-54(89)76-46(19-21-53(69)88)60(95)79-50(31-39-32-74-44-8-4-3-7-43(39)44)63(98)78-47(20-22-56(91)92)59(94)75-40(33-85)34-102-103-35-51(64(99)83-57)82-62(97)48(29-37-11-15-41(86)16-12-37)80-65(100)52-10-6-28-84(52)55(90)23-25-68/h3-4,7-8,11-18,32,36,40,45-52,57,74,85-87H,5-6,9-10,19-31,33-35,68H2,1-2H3,(H2,69,88)(H,72,93)(H,75,94)(H,76,89)(H,77,96)(H,78,98)(H,79,95)(H,80,100)(H,81,101)(H,82,97)(H,83,99)(H,91,92)(H4,70,71,73)/t40-,45-,46-,47-,48-,49-,50-,51-,52-,57-/m0/s1. The molecule has 6 rings (SSSR count). The number of aromatic hydroxyl groups is 2. The number of nitrogens with one attached hydrogen (secondary N) is 11. The van der Waals surface area contributed by atoms with Crippen molar-refractivity contribution in [3.8, 4) is 11.5 Å². The number of carboxylic acids is 1. The zero-order valence-electron chi connectivity index (χ0n) is 57.1. The van der Waals surface area contributed by atoms with Gasteiger partial charge < -0.3 is 106 Å². The van der Waals surface area contributed by atoms with Gasteiger partial charge in [0.15, 0.2) is 5.96 Å². The summed E-state index contributed by atoms with van der Waals surface area (Å²) in [6.07, 6.45) is -1.04. The number of aliphatic hydroxyl groups is 1. The molecular formula is C67H93N17O17S2. The van der Waals surface area contributed by atoms with Gasteiger partial charge in [0.05, 0.1) is 12.6 Å². The van der Waals surface area contributed by atoms with Crippen LogP contribution in [-0.2, 0) is 81.6 Å². The molecule has 4 aromatic rings. The van der Waals surface area contributed by atoms with E-state index in [0.29, 0.717) is 34.0 Å². The van der Waals surface area contributed by atoms with Gasteiger partial charge in [0, 0.05) is 99.7 Å². The molecule has 2 aliphatic rings. The molecule has 10 atom stereocenters. The van der Waals surface area contributed by atoms with Crippen LogP contribution in [0.2, 0.25) is 0 Å². The highest BCUT2D eigenvalue weighted by molar-refractivity contribution is 8.76. The molecule has 2 saturated heterocycles. The molecule has 23 N–H and O–H groups in total. The second-order valence-electron chi connectivity index (χ2n) is 25.2. The highest BCUT2D eigenvalue weighted by Gasteiger charge is 2.39. The topological polar surface area (TPSA) is 559 Å². The fourth-order valence-electron chi connectivity index (χ4n) is 11.3. The van der Waals surface area contributed by atoms with Crippen molar-refractivity contribution in [2.75, 3.05) is 44.3 Å². The minimum atomic E-state index is -1.64. The Morgan fingerprint density at radius 2 is 1.26 bits per heavy atom. The number of likely N-dealkylation sites (tertiary alicyclic amines) is 1. The predicted octanol–water partition coefficient (Wildman–Crippen LogP) is -2.96. The zero-order chi connectivity index (χ0) is 75.3. The van der Waals surface area contributed by atoms with Crippen LogP contribution in [0, 0.1) is 5.92 Å². The van der Waals surface area contributed by atoms with E-state index >= 15 is 4.79 Å². The van der Waals surface area contributed by atoms with Crippen LogP contribution in [0.1, 0.15) is 94.7 Å². The summed E-state index contributed by atoms with van der Waals surface area (Å²) in [5, 5.41) is 67.9. The summed E-state index contributed by atoms with van der Waals surface area (Å²) in [5.41, 5.74) is 24.3. The van der Waals surface area contributed by atoms with Gasteiger partial charge >= 0.3 is 5.97 Å². The number of aromatic nitrogens is 1. The summed E-state index contributed by atoms with van der Waals surface area (Å²) >= 11 is 0. The normalized spacial score (nSPS) is 22.3. The van der Waals surface area contributed by atoms with Crippen molar-refractivity contribution >= 4 is 115 Å². The molecule has 0 spiro atoms. The Hall–Kier alpha value is -10.2. The third-order valence-corrected chi connectivity index (χ3v) is 19.3. The Morgan fingerprint density at radius 3 is 1.90 bits per heavy atom. The van der Waals surface area contributed by atoms with Gasteiger partial charge in [0.25, 0.3) is 0 Å². The number of phenolic OH excluding ortho intramolecular Hbond substituents is 2. The van der Waals surface area contributed by atoms with Crippen molar-refractivity contribution in [2.24, 2.45) is 33.8 Å². The molecule has 1 aromatic heterocycles. The average molecular weight is 1470 g/mol. The van der Waals surface area contributed by atoms with E-state index in [4.69, 9.17) is 22.9 Å². The number of primary amides is 1. The lowest BCUT2D eigenvalue weighted by Crippen LogP contribution is -2.61. The molecule has 3 heterocycles. The Bertz CT molecular complexity index is 3650. The number of H-pyrrole nitrogens is 1. The second-order valence-corrected chi connectivity index (χ2v) is 27.7. The van der Waals surface area contributed by atoms with E-state index in [2.05, 4.69) is 63.1 Å². The number of aliphatic hydroxyl groups excluding tert-OH is 1. The lowest BCUT2D eigenvalue weighted by Gasteiger charge is -2.29. The van der Waals surface area contributed by atoms with E-state index in [1.54, 1.807) is 44.3 Å². The molecule has 34 nitrogen and oxygen atoms in total. The Kier molecular flexibility index (Phi) is 32.6. The van der Waals surface area contributed by atoms with Crippen molar-refractivity contribution in [3.05, 3.63) is 95.7 Å². The number of nitrogens with zero attached hydrogens (tertiary/aromatic N) is 2. The molecule has 2 aliphatic heterocycles. The fraction of sp³-hybridized carbons (Fsp3) is 0.493. The number of aliphatic carboxylic acids is 1. The lowest BCUT2D eigenvalue weighted by molar-refractivity contribution is -0.139. The first kappa shape index (κ1) is 81.8. The SMILES string of the molecule is CC(C)[C@@H]1NC(=O)[C@@H](NC(=O)[C@H](Cc2ccc(O)cc2)NC(=O)[C@@H]2CCCN2C(=O)CCN)CSSC[C@H](CO)NC(=O)[C@H](CCC(=O)O)NC(=O)[C@H](Cc2c[nH]c3ccccc23)NC(=O)[C@H](CCC(N)=O)NC(=O)CCNC(=O)[C@H](CCCN=C(N)N)NC(=O)[C@H](Cc2ccc(O)cc2)NC1=O. The largest absolute Gasteiger partial charge is 0.508 e. The Labute approximate surface area is 601 Å². The van der Waals surface area contributed by atoms with Crippen LogP contribution < -0.4 is 76.1 Å². The number of nitrogens with two attached hydrogens (primary N) is 4. The van der Waals surface area contributed by atoms with E-state index in [0.717, 1.165) is 21.6 Å². The van der Waals surface area contributed by atoms with Gasteiger partial charge in [-0.2, -0.15) is 0 Å². The molecule has 560 valence electrons. The number of amides is 12. The number of benzene rings is 3. The first-order valence-corrected chi connectivity index (χ1v) is 36.1. The number of phenols is 2. The number of fused-ring (bicyclic) bond motifs is 1. The number of para-hydroxylation sites is 1. The number of rotatable bonds is 24. The first-order chi connectivity index (χ1) is 49.1. The van der Waals surface area contributed by atoms with Crippen molar-refractivity contribution in [3.63, 3.8) is 0 Å². The number of carbonyl (C=O) groups excluding carboxylic acids is 12. The number of aromatic amines is 1. The number of hydrogen-bond acceptors (Lipinski definition) is 20. The summed E-state index contributed by atoms with van der Waals surface area (Å²) in [6.45, 7) is 2.24. The number of carbonyl (C=O) groups is 13. The minimum Gasteiger partial charge on any atom is -0.508 e. The fourth-order valence-corrected chi connectivity index (χ4v) is 13.7. The molecule has 0 unspecified atom stereocenters. The summed E-state index contributed by atoms with van der Waals surface area (Å²) in [7, 11) is 1.92. The van der Waals surface area contributed by atoms with Gasteiger partial charge in [0.2, 0.25) is 70.9 Å². The first-order valence-electron chi connectivity index (χ1n) is 33.6. The molecule has 0 aliphatic carbocycles. The van der Waals surface area contributed by atoms with E-state index in [1.165, 1.54) is 53.4 Å². The van der Waals surface area contributed by atoms with Crippen molar-refractivity contribution in [1.29, 1.82) is 0 Å². The maximum Gasteiger partial charge on any atom is 0.303 e. The number of carboxylic acid groups (broad SMARTS) is 1. The van der Waals surface area contributed by atoms with Crippen LogP contribution >= 0.6 is 21.6 Å². The lowest BCUT2D eigenvalue weighted by atomic mass is 10.00. The highest BCUT2D eigenvalue weighted by Crippen LogP contribution is 2.26. The van der Waals surface area contributed by atoms with Gasteiger partial charge in [0.1, 0.15) is 65.9 Å². The van der Waals surface area contributed by atoms with Crippen molar-refractivity contribution < 1.29 is 82.8 Å². The average Bonchev–Trinajstić information content (AvgIpc) is 1.76. The summed E-state index contributed by atoms with van der Waals surface area (Å²) in [4.78, 5) is 191. The molecule has 2 fully saturated rings. The maximum absolute atomic E-state index is 15.0. The van der Waals surface area contributed by atoms with Crippen LogP contribution in [0.5, 0.6) is 11.5 Å². The van der Waals surface area contributed by atoms with Gasteiger partial charge in [-0.25, -0.2) is 0 Å². The minimum absolute atomic E-state index is 0.0138. The summed E-state index contributed by atoms with van der Waals surface area (Å²) in [5.74, 6) is -13.4. The van der Waals surface area contributed by atoms with E-state index in [1.807, 2.05) is 0 Å². The highest BCUT2D eigenvalue weighted by atomic mass is 33.1. The van der Waals surface area contributed by atoms with Crippen molar-refractivity contribution in [1.82, 2.24) is 63.1 Å². The Morgan fingerprint density at radius 1 is 0.670 bits per heavy atom. The third kappa shape index (κ3) is 26.6. The predicted molar refractivity (Wildman–Crippen MR) is 381 cm³/mol. The van der Waals surface area contributed by atoms with E-state index in [9.17, 15) is 78.0 Å². The quantitative estimate of drug-likeness (QED) is 0.0144. The van der Waals surface area contributed by atoms with Crippen LogP contribution in [0.3, 0.4) is 0 Å². The van der Waals surface area contributed by atoms with E-state index < -0.39 is 183 Å². The zero-order valence-corrected chi connectivity index (χ0v) is 58.7. The number of guanidine groups is 1. The molecule has 0 bridgehead atoms. The Balaban J connectivity index is 1.40. The summed E-state index contributed by atoms with van der Waals surface area (Å²) < 4.78 is 0. The molecular weight excluding hydrogens is 1380 g/mol. The molecule has 0 saturated carbocycles. The van der Waals surface area contributed by atoms with Gasteiger partial charge in [-0.05, 0) is 91.5 Å². The van der Waals surface area contributed by atoms with Gasteiger partial charge in [-0.3, -0.25) is 67.3 Å². The maximum atomic E-state index is 15.0. The smallest absolute Gasteiger partial charge is 0.303 e. The monoisotopic (exact) mass is 1470 g/mol. The van der Waals surface area contributed by atoms with Gasteiger partial charge in [-0.1, -0.05) is 77.9 Å². The molecule has 12 amide bonds. The van der Waals surface area contributed by atoms with E-state index in [-0.39, 0.29) is 99.5 Å². The van der Waals surface area contributed by atoms with Gasteiger partial charge in [-0.15, -0.1) is 0 Å². The second kappa shape index (κ2) is 41.0. The van der Waals surface area contributed by atoms with Crippen LogP contribution in [0.4, 0.5) is 0 Å². The molecule has 36 heteroatoms. The van der Waals surface area contributed by atoms with Crippen molar-refractivity contribution in [2.45, 2.75) is 158 Å². The van der Waals surface area contributed by atoms with Crippen LogP contribution in [0.25, 0.3) is 10.9 Å². The van der Waals surface area contributed by atoms with Crippen LogP contribution in [0.15, 0.2) is 84.0 Å². The molecule has 103 heavy (non-hydrogen) atoms. The number of hydrogen-bond donors (Lipinski definition) is 19. The summed E-state index contributed by atoms with van der Waals surface area (Å²) in [6, 6.07) is 3.93.